The van der Waals surface area contributed by atoms with Crippen LogP contribution in [0.25, 0.3) is 0 Å². The average Bonchev–Trinajstić information content (AvgIpc) is 1.98. The lowest BCUT2D eigenvalue weighted by Crippen LogP contribution is -1.91. The van der Waals surface area contributed by atoms with Crippen molar-refractivity contribution in [2.45, 2.75) is 41.0 Å². The Hall–Kier alpha value is -0.520. The zero-order chi connectivity index (χ0) is 8.85. The van der Waals surface area contributed by atoms with E-state index in [0.717, 1.165) is 6.42 Å². The molecular weight excluding hydrogens is 132 g/mol. The van der Waals surface area contributed by atoms with Gasteiger partial charge in [-0.25, -0.2) is 0 Å². The van der Waals surface area contributed by atoms with Crippen LogP contribution < -0.4 is 0 Å². The summed E-state index contributed by atoms with van der Waals surface area (Å²) >= 11 is 0. The van der Waals surface area contributed by atoms with Crippen LogP contribution in [0, 0.1) is 5.92 Å². The highest BCUT2D eigenvalue weighted by Gasteiger charge is 1.97. The molecule has 0 rings (SSSR count). The average molecular weight is 152 g/mol. The molecule has 64 valence electrons. The van der Waals surface area contributed by atoms with Gasteiger partial charge in [-0.2, -0.15) is 0 Å². The first-order valence-electron chi connectivity index (χ1n) is 4.43. The molecule has 0 heterocycles. The van der Waals surface area contributed by atoms with Gasteiger partial charge in [0, 0.05) is 0 Å². The van der Waals surface area contributed by atoms with Gasteiger partial charge in [0.2, 0.25) is 0 Å². The normalized spacial score (nSPS) is 14.4. The van der Waals surface area contributed by atoms with Crippen LogP contribution in [-0.4, -0.2) is 0 Å². The Morgan fingerprint density at radius 1 is 1.27 bits per heavy atom. The van der Waals surface area contributed by atoms with E-state index in [4.69, 9.17) is 0 Å². The van der Waals surface area contributed by atoms with Gasteiger partial charge in [0.05, 0.1) is 0 Å². The maximum Gasteiger partial charge on any atom is -0.0257 e. The van der Waals surface area contributed by atoms with Crippen molar-refractivity contribution in [3.63, 3.8) is 0 Å². The minimum Gasteiger partial charge on any atom is -0.0845 e. The monoisotopic (exact) mass is 152 g/mol. The molecule has 0 nitrogen and oxygen atoms in total. The second-order valence-corrected chi connectivity index (χ2v) is 3.33. The summed E-state index contributed by atoms with van der Waals surface area (Å²) in [5.74, 6) is 0.677. The van der Waals surface area contributed by atoms with Crippen LogP contribution in [-0.2, 0) is 0 Å². The Labute approximate surface area is 71.0 Å². The first kappa shape index (κ1) is 10.5. The summed E-state index contributed by atoms with van der Waals surface area (Å²) in [4.78, 5) is 0. The van der Waals surface area contributed by atoms with E-state index in [1.54, 1.807) is 0 Å². The number of rotatable bonds is 3. The SMILES string of the molecule is CC/C=C\C(C)=C(/C)C(C)C. The zero-order valence-electron chi connectivity index (χ0n) is 8.44. The predicted octanol–water partition coefficient (Wildman–Crippen LogP) is 3.95. The van der Waals surface area contributed by atoms with E-state index in [-0.39, 0.29) is 0 Å². The molecule has 0 bridgehead atoms. The molecule has 0 aliphatic heterocycles. The molecule has 0 aromatic carbocycles. The van der Waals surface area contributed by atoms with Gasteiger partial charge < -0.3 is 0 Å². The van der Waals surface area contributed by atoms with Gasteiger partial charge in [0.1, 0.15) is 0 Å². The third-order valence-electron chi connectivity index (χ3n) is 2.09. The third kappa shape index (κ3) is 4.02. The zero-order valence-corrected chi connectivity index (χ0v) is 8.44. The molecule has 0 heteroatoms. The Bertz CT molecular complexity index is 159. The molecule has 0 aliphatic rings. The molecule has 11 heavy (non-hydrogen) atoms. The summed E-state index contributed by atoms with van der Waals surface area (Å²) in [6.45, 7) is 11.0. The van der Waals surface area contributed by atoms with Gasteiger partial charge in [-0.05, 0) is 26.2 Å². The van der Waals surface area contributed by atoms with Gasteiger partial charge >= 0.3 is 0 Å². The number of hydrogen-bond donors (Lipinski definition) is 0. The number of allylic oxidation sites excluding steroid dienone is 4. The molecule has 0 amide bonds. The highest BCUT2D eigenvalue weighted by atomic mass is 14.0. The molecule has 0 fully saturated rings. The van der Waals surface area contributed by atoms with Crippen molar-refractivity contribution in [1.29, 1.82) is 0 Å². The quantitative estimate of drug-likeness (QED) is 0.537. The fraction of sp³-hybridized carbons (Fsp3) is 0.636. The molecular formula is C11H20. The van der Waals surface area contributed by atoms with E-state index in [2.05, 4.69) is 46.8 Å². The molecule has 0 aliphatic carbocycles. The van der Waals surface area contributed by atoms with Crippen molar-refractivity contribution in [1.82, 2.24) is 0 Å². The molecule has 0 unspecified atom stereocenters. The molecule has 0 spiro atoms. The van der Waals surface area contributed by atoms with Crippen LogP contribution in [0.4, 0.5) is 0 Å². The van der Waals surface area contributed by atoms with E-state index in [9.17, 15) is 0 Å². The van der Waals surface area contributed by atoms with E-state index >= 15 is 0 Å². The van der Waals surface area contributed by atoms with Crippen LogP contribution >= 0.6 is 0 Å². The second-order valence-electron chi connectivity index (χ2n) is 3.33. The topological polar surface area (TPSA) is 0 Å². The molecule has 0 N–H and O–H groups in total. The van der Waals surface area contributed by atoms with Gasteiger partial charge in [0.25, 0.3) is 0 Å². The molecule has 0 aromatic heterocycles. The second kappa shape index (κ2) is 5.17. The van der Waals surface area contributed by atoms with Gasteiger partial charge in [-0.15, -0.1) is 0 Å². The van der Waals surface area contributed by atoms with Crippen LogP contribution in [0.15, 0.2) is 23.3 Å². The summed E-state index contributed by atoms with van der Waals surface area (Å²) in [6, 6.07) is 0. The van der Waals surface area contributed by atoms with Crippen LogP contribution in [0.5, 0.6) is 0 Å². The Morgan fingerprint density at radius 3 is 2.18 bits per heavy atom. The van der Waals surface area contributed by atoms with Gasteiger partial charge in [-0.1, -0.05) is 44.1 Å². The summed E-state index contributed by atoms with van der Waals surface area (Å²) in [5.41, 5.74) is 2.91. The summed E-state index contributed by atoms with van der Waals surface area (Å²) in [5, 5.41) is 0. The third-order valence-corrected chi connectivity index (χ3v) is 2.09. The first-order valence-corrected chi connectivity index (χ1v) is 4.43. The Kier molecular flexibility index (Phi) is 4.93. The van der Waals surface area contributed by atoms with Crippen molar-refractivity contribution in [3.8, 4) is 0 Å². The molecule has 0 atom stereocenters. The van der Waals surface area contributed by atoms with Crippen molar-refractivity contribution in [3.05, 3.63) is 23.3 Å². The number of hydrogen-bond acceptors (Lipinski definition) is 0. The van der Waals surface area contributed by atoms with Crippen molar-refractivity contribution >= 4 is 0 Å². The van der Waals surface area contributed by atoms with Gasteiger partial charge in [-0.3, -0.25) is 0 Å². The maximum atomic E-state index is 2.23. The molecule has 0 aromatic rings. The lowest BCUT2D eigenvalue weighted by molar-refractivity contribution is 0.760. The smallest absolute Gasteiger partial charge is 0.0257 e. The lowest BCUT2D eigenvalue weighted by Gasteiger charge is -2.07. The molecule has 0 saturated carbocycles. The minimum atomic E-state index is 0.677. The Morgan fingerprint density at radius 2 is 1.82 bits per heavy atom. The van der Waals surface area contributed by atoms with E-state index in [1.807, 2.05) is 0 Å². The van der Waals surface area contributed by atoms with Crippen molar-refractivity contribution in [2.24, 2.45) is 5.92 Å². The van der Waals surface area contributed by atoms with Crippen molar-refractivity contribution < 1.29 is 0 Å². The lowest BCUT2D eigenvalue weighted by atomic mass is 10.00. The van der Waals surface area contributed by atoms with E-state index in [1.165, 1.54) is 11.1 Å². The minimum absolute atomic E-state index is 0.677. The van der Waals surface area contributed by atoms with E-state index < -0.39 is 0 Å². The highest BCUT2D eigenvalue weighted by Crippen LogP contribution is 2.14. The van der Waals surface area contributed by atoms with Crippen molar-refractivity contribution in [2.75, 3.05) is 0 Å². The summed E-state index contributed by atoms with van der Waals surface area (Å²) in [6.07, 6.45) is 5.55. The van der Waals surface area contributed by atoms with Crippen LogP contribution in [0.3, 0.4) is 0 Å². The maximum absolute atomic E-state index is 2.23. The van der Waals surface area contributed by atoms with Gasteiger partial charge in [0.15, 0.2) is 0 Å². The largest absolute Gasteiger partial charge is 0.0845 e. The highest BCUT2D eigenvalue weighted by molar-refractivity contribution is 5.23. The molecule has 0 radical (unpaired) electrons. The summed E-state index contributed by atoms with van der Waals surface area (Å²) in [7, 11) is 0. The fourth-order valence-corrected chi connectivity index (χ4v) is 0.881. The molecule has 0 saturated heterocycles. The fourth-order valence-electron chi connectivity index (χ4n) is 0.881. The van der Waals surface area contributed by atoms with E-state index in [0.29, 0.717) is 5.92 Å². The standard InChI is InChI=1S/C11H20/c1-6-7-8-10(4)11(5)9(2)3/h7-9H,6H2,1-5H3/b8-7-,11-10+. The predicted molar refractivity (Wildman–Crippen MR) is 52.6 cm³/mol. The summed E-state index contributed by atoms with van der Waals surface area (Å²) < 4.78 is 0. The Balaban J connectivity index is 4.27. The van der Waals surface area contributed by atoms with Crippen LogP contribution in [0.2, 0.25) is 0 Å². The first-order chi connectivity index (χ1) is 5.09. The van der Waals surface area contributed by atoms with Crippen LogP contribution in [0.1, 0.15) is 41.0 Å².